The average Bonchev–Trinajstić information content (AvgIpc) is 2.78. The van der Waals surface area contributed by atoms with E-state index in [1.807, 2.05) is 57.2 Å². The van der Waals surface area contributed by atoms with Gasteiger partial charge in [-0.25, -0.2) is 8.42 Å². The number of amides is 2. The fourth-order valence-electron chi connectivity index (χ4n) is 4.01. The second kappa shape index (κ2) is 10.7. The van der Waals surface area contributed by atoms with Crippen molar-refractivity contribution in [2.75, 3.05) is 15.9 Å². The molecule has 0 saturated carbocycles. The second-order valence-electron chi connectivity index (χ2n) is 8.72. The molecule has 0 radical (unpaired) electrons. The summed E-state index contributed by atoms with van der Waals surface area (Å²) in [4.78, 5) is 26.2. The van der Waals surface area contributed by atoms with Gasteiger partial charge in [-0.3, -0.25) is 13.9 Å². The molecule has 3 aromatic rings. The molecular formula is C27H31N3O4S. The summed E-state index contributed by atoms with van der Waals surface area (Å²) in [6.07, 6.45) is 1.07. The van der Waals surface area contributed by atoms with Crippen molar-refractivity contribution in [2.24, 2.45) is 0 Å². The van der Waals surface area contributed by atoms with Gasteiger partial charge in [0.05, 0.1) is 29.2 Å². The van der Waals surface area contributed by atoms with Gasteiger partial charge < -0.3 is 10.6 Å². The maximum atomic E-state index is 13.2. The number of hydrogen-bond donors (Lipinski definition) is 2. The Kier molecular flexibility index (Phi) is 7.96. The van der Waals surface area contributed by atoms with Crippen molar-refractivity contribution in [3.05, 3.63) is 95.1 Å². The first-order chi connectivity index (χ1) is 16.5. The van der Waals surface area contributed by atoms with Crippen molar-refractivity contribution in [3.8, 4) is 0 Å². The Labute approximate surface area is 207 Å². The van der Waals surface area contributed by atoms with E-state index in [0.29, 0.717) is 11.4 Å². The number of nitrogens with zero attached hydrogens (tertiary/aromatic N) is 1. The van der Waals surface area contributed by atoms with Crippen LogP contribution in [0.15, 0.2) is 72.8 Å². The van der Waals surface area contributed by atoms with E-state index in [4.69, 9.17) is 0 Å². The monoisotopic (exact) mass is 493 g/mol. The maximum absolute atomic E-state index is 13.2. The highest BCUT2D eigenvalue weighted by Crippen LogP contribution is 2.25. The van der Waals surface area contributed by atoms with Crippen LogP contribution in [0.4, 0.5) is 11.4 Å². The van der Waals surface area contributed by atoms with Crippen LogP contribution < -0.4 is 14.9 Å². The fraction of sp³-hybridized carbons (Fsp3) is 0.259. The Morgan fingerprint density at radius 2 is 1.43 bits per heavy atom. The Bertz CT molecular complexity index is 1300. The number of aryl methyl sites for hydroxylation is 2. The molecule has 2 unspecified atom stereocenters. The smallest absolute Gasteiger partial charge is 0.253 e. The molecule has 3 aromatic carbocycles. The minimum absolute atomic E-state index is 0.239. The van der Waals surface area contributed by atoms with E-state index in [0.717, 1.165) is 27.3 Å². The van der Waals surface area contributed by atoms with Gasteiger partial charge in [-0.1, -0.05) is 48.5 Å². The van der Waals surface area contributed by atoms with Crippen LogP contribution in [0.3, 0.4) is 0 Å². The average molecular weight is 494 g/mol. The van der Waals surface area contributed by atoms with E-state index in [9.17, 15) is 18.0 Å². The normalized spacial score (nSPS) is 12.9. The van der Waals surface area contributed by atoms with Crippen molar-refractivity contribution >= 4 is 33.2 Å². The number of benzene rings is 3. The number of rotatable bonds is 8. The number of carbonyl (C=O) groups is 2. The lowest BCUT2D eigenvalue weighted by Crippen LogP contribution is -2.45. The number of carbonyl (C=O) groups excluding carboxylic acids is 2. The van der Waals surface area contributed by atoms with E-state index in [1.165, 1.54) is 6.92 Å². The minimum atomic E-state index is -3.77. The molecule has 0 bridgehead atoms. The summed E-state index contributed by atoms with van der Waals surface area (Å²) in [6.45, 7) is 7.14. The number of anilines is 2. The molecule has 8 heteroatoms. The SMILES string of the molecule is Cc1cc(C)cc(N(C(C)C(=O)Nc2ccccc2C(=O)NC(C)c2ccccc2)S(C)(=O)=O)c1. The molecule has 2 atom stereocenters. The highest BCUT2D eigenvalue weighted by Gasteiger charge is 2.30. The zero-order valence-electron chi connectivity index (χ0n) is 20.6. The largest absolute Gasteiger partial charge is 0.345 e. The van der Waals surface area contributed by atoms with Gasteiger partial charge in [0.2, 0.25) is 15.9 Å². The lowest BCUT2D eigenvalue weighted by atomic mass is 10.1. The summed E-state index contributed by atoms with van der Waals surface area (Å²) >= 11 is 0. The lowest BCUT2D eigenvalue weighted by Gasteiger charge is -2.29. The molecule has 2 N–H and O–H groups in total. The van der Waals surface area contributed by atoms with Crippen LogP contribution >= 0.6 is 0 Å². The second-order valence-corrected chi connectivity index (χ2v) is 10.6. The molecule has 0 saturated heterocycles. The topological polar surface area (TPSA) is 95.6 Å². The zero-order valence-corrected chi connectivity index (χ0v) is 21.4. The highest BCUT2D eigenvalue weighted by molar-refractivity contribution is 7.92. The molecule has 0 aliphatic heterocycles. The van der Waals surface area contributed by atoms with Gasteiger partial charge in [-0.15, -0.1) is 0 Å². The third-order valence-electron chi connectivity index (χ3n) is 5.63. The summed E-state index contributed by atoms with van der Waals surface area (Å²) in [6, 6.07) is 20.3. The Morgan fingerprint density at radius 3 is 2.03 bits per heavy atom. The van der Waals surface area contributed by atoms with E-state index >= 15 is 0 Å². The lowest BCUT2D eigenvalue weighted by molar-refractivity contribution is -0.116. The molecular weight excluding hydrogens is 462 g/mol. The standard InChI is InChI=1S/C27H31N3O4S/c1-18-15-19(2)17-23(16-18)30(35(5,33)34)21(4)26(31)29-25-14-10-9-13-24(25)27(32)28-20(3)22-11-7-6-8-12-22/h6-17,20-21H,1-5H3,(H,28,32)(H,29,31). The maximum Gasteiger partial charge on any atom is 0.253 e. The van der Waals surface area contributed by atoms with Gasteiger partial charge in [0.1, 0.15) is 6.04 Å². The number of nitrogens with one attached hydrogen (secondary N) is 2. The molecule has 7 nitrogen and oxygen atoms in total. The zero-order chi connectivity index (χ0) is 25.8. The molecule has 0 fully saturated rings. The van der Waals surface area contributed by atoms with Crippen molar-refractivity contribution < 1.29 is 18.0 Å². The third-order valence-corrected chi connectivity index (χ3v) is 6.87. The van der Waals surface area contributed by atoms with Gasteiger partial charge in [0, 0.05) is 0 Å². The quantitative estimate of drug-likeness (QED) is 0.480. The molecule has 0 aromatic heterocycles. The summed E-state index contributed by atoms with van der Waals surface area (Å²) in [5, 5.41) is 5.69. The summed E-state index contributed by atoms with van der Waals surface area (Å²) in [5.41, 5.74) is 3.72. The van der Waals surface area contributed by atoms with Crippen LogP contribution in [0.1, 0.15) is 46.9 Å². The van der Waals surface area contributed by atoms with Crippen LogP contribution in [0, 0.1) is 13.8 Å². The number of hydrogen-bond acceptors (Lipinski definition) is 4. The molecule has 0 aliphatic rings. The summed E-state index contributed by atoms with van der Waals surface area (Å²) in [5.74, 6) is -0.898. The fourth-order valence-corrected chi connectivity index (χ4v) is 5.17. The van der Waals surface area contributed by atoms with Crippen LogP contribution in [-0.2, 0) is 14.8 Å². The van der Waals surface area contributed by atoms with Crippen LogP contribution in [0.5, 0.6) is 0 Å². The van der Waals surface area contributed by atoms with E-state index in [2.05, 4.69) is 10.6 Å². The van der Waals surface area contributed by atoms with Crippen molar-refractivity contribution in [2.45, 2.75) is 39.8 Å². The minimum Gasteiger partial charge on any atom is -0.345 e. The number of para-hydroxylation sites is 1. The van der Waals surface area contributed by atoms with Crippen LogP contribution in [0.25, 0.3) is 0 Å². The predicted octanol–water partition coefficient (Wildman–Crippen LogP) is 4.59. The number of sulfonamides is 1. The van der Waals surface area contributed by atoms with Crippen molar-refractivity contribution in [1.29, 1.82) is 0 Å². The van der Waals surface area contributed by atoms with E-state index < -0.39 is 22.0 Å². The third kappa shape index (κ3) is 6.48. The van der Waals surface area contributed by atoms with Gasteiger partial charge in [0.25, 0.3) is 5.91 Å². The first-order valence-corrected chi connectivity index (χ1v) is 13.2. The van der Waals surface area contributed by atoms with Crippen LogP contribution in [-0.4, -0.2) is 32.5 Å². The van der Waals surface area contributed by atoms with Crippen molar-refractivity contribution in [1.82, 2.24) is 5.32 Å². The molecule has 0 aliphatic carbocycles. The Morgan fingerprint density at radius 1 is 0.857 bits per heavy atom. The van der Waals surface area contributed by atoms with Crippen molar-refractivity contribution in [3.63, 3.8) is 0 Å². The molecule has 0 spiro atoms. The predicted molar refractivity (Wildman–Crippen MR) is 140 cm³/mol. The molecule has 35 heavy (non-hydrogen) atoms. The van der Waals surface area contributed by atoms with Gasteiger partial charge in [-0.05, 0) is 68.7 Å². The molecule has 2 amide bonds. The molecule has 184 valence electrons. The summed E-state index contributed by atoms with van der Waals surface area (Å²) < 4.78 is 26.4. The van der Waals surface area contributed by atoms with E-state index in [1.54, 1.807) is 36.4 Å². The molecule has 0 heterocycles. The first-order valence-electron chi connectivity index (χ1n) is 11.3. The Balaban J connectivity index is 1.84. The molecule has 3 rings (SSSR count). The summed E-state index contributed by atoms with van der Waals surface area (Å²) in [7, 11) is -3.77. The van der Waals surface area contributed by atoms with Crippen LogP contribution in [0.2, 0.25) is 0 Å². The van der Waals surface area contributed by atoms with E-state index in [-0.39, 0.29) is 17.5 Å². The van der Waals surface area contributed by atoms with Gasteiger partial charge in [0.15, 0.2) is 0 Å². The first kappa shape index (κ1) is 26.0. The van der Waals surface area contributed by atoms with Gasteiger partial charge >= 0.3 is 0 Å². The van der Waals surface area contributed by atoms with Gasteiger partial charge in [-0.2, -0.15) is 0 Å². The highest BCUT2D eigenvalue weighted by atomic mass is 32.2. The Hall–Kier alpha value is -3.65.